The van der Waals surface area contributed by atoms with Gasteiger partial charge in [-0.05, 0) is 62.3 Å². The standard InChI is InChI=1S/C34H56N2/c1-7-11-17-25-35(26-18-12-8-2)32-24-23-30(6)33(31-22-16-15-21-29(31)5)34(32)36(27-19-13-9-3)28-20-14-10-4/h15-16,21-24H,7-14,17-20,25-28H2,1-6H3. The highest BCUT2D eigenvalue weighted by Crippen LogP contribution is 2.43. The number of anilines is 2. The Balaban J connectivity index is 2.67. The third kappa shape index (κ3) is 9.16. The van der Waals surface area contributed by atoms with Crippen molar-refractivity contribution in [3.05, 3.63) is 47.5 Å². The molecule has 2 aromatic rings. The van der Waals surface area contributed by atoms with Crippen molar-refractivity contribution in [2.45, 2.75) is 119 Å². The molecule has 2 heteroatoms. The van der Waals surface area contributed by atoms with Crippen molar-refractivity contribution >= 4 is 11.4 Å². The quantitative estimate of drug-likeness (QED) is 0.180. The first-order valence-electron chi connectivity index (χ1n) is 15.3. The van der Waals surface area contributed by atoms with Gasteiger partial charge >= 0.3 is 0 Å². The number of nitrogens with zero attached hydrogens (tertiary/aromatic N) is 2. The van der Waals surface area contributed by atoms with Crippen LogP contribution in [0.1, 0.15) is 116 Å². The van der Waals surface area contributed by atoms with Crippen LogP contribution in [0.25, 0.3) is 11.1 Å². The van der Waals surface area contributed by atoms with E-state index in [1.807, 2.05) is 0 Å². The third-order valence-electron chi connectivity index (χ3n) is 7.56. The topological polar surface area (TPSA) is 6.48 Å². The molecule has 0 saturated carbocycles. The first kappa shape index (κ1) is 30.3. The van der Waals surface area contributed by atoms with E-state index in [0.29, 0.717) is 0 Å². The number of benzene rings is 2. The van der Waals surface area contributed by atoms with Crippen molar-refractivity contribution in [3.63, 3.8) is 0 Å². The number of rotatable bonds is 19. The lowest BCUT2D eigenvalue weighted by molar-refractivity contribution is 0.625. The molecule has 0 saturated heterocycles. The summed E-state index contributed by atoms with van der Waals surface area (Å²) in [5.74, 6) is 0. The molecule has 2 rings (SSSR count). The molecule has 0 N–H and O–H groups in total. The van der Waals surface area contributed by atoms with E-state index >= 15 is 0 Å². The molecule has 0 fully saturated rings. The number of hydrogen-bond acceptors (Lipinski definition) is 2. The van der Waals surface area contributed by atoms with Crippen LogP contribution in [-0.4, -0.2) is 26.2 Å². The van der Waals surface area contributed by atoms with Crippen LogP contribution < -0.4 is 9.80 Å². The first-order valence-corrected chi connectivity index (χ1v) is 15.3. The Morgan fingerprint density at radius 1 is 0.500 bits per heavy atom. The fraction of sp³-hybridized carbons (Fsp3) is 0.647. The van der Waals surface area contributed by atoms with Gasteiger partial charge in [-0.25, -0.2) is 0 Å². The van der Waals surface area contributed by atoms with Gasteiger partial charge in [0.25, 0.3) is 0 Å². The zero-order valence-corrected chi connectivity index (χ0v) is 24.7. The predicted octanol–water partition coefficient (Wildman–Crippen LogP) is 10.3. The molecule has 0 bridgehead atoms. The molecule has 2 aromatic carbocycles. The van der Waals surface area contributed by atoms with Gasteiger partial charge in [-0.1, -0.05) is 109 Å². The summed E-state index contributed by atoms with van der Waals surface area (Å²) < 4.78 is 0. The normalized spacial score (nSPS) is 11.2. The Morgan fingerprint density at radius 2 is 0.972 bits per heavy atom. The van der Waals surface area contributed by atoms with Gasteiger partial charge in [-0.2, -0.15) is 0 Å². The first-order chi connectivity index (χ1) is 17.6. The average Bonchev–Trinajstić information content (AvgIpc) is 2.88. The summed E-state index contributed by atoms with van der Waals surface area (Å²) in [4.78, 5) is 5.52. The smallest absolute Gasteiger partial charge is 0.0686 e. The summed E-state index contributed by atoms with van der Waals surface area (Å²) in [6.07, 6.45) is 15.4. The minimum Gasteiger partial charge on any atom is -0.370 e. The van der Waals surface area contributed by atoms with Gasteiger partial charge in [-0.3, -0.25) is 0 Å². The van der Waals surface area contributed by atoms with E-state index in [1.54, 1.807) is 0 Å². The third-order valence-corrected chi connectivity index (χ3v) is 7.56. The van der Waals surface area contributed by atoms with Crippen LogP contribution in [0.2, 0.25) is 0 Å². The minimum absolute atomic E-state index is 1.16. The zero-order valence-electron chi connectivity index (χ0n) is 24.7. The lowest BCUT2D eigenvalue weighted by Crippen LogP contribution is -2.32. The predicted molar refractivity (Wildman–Crippen MR) is 164 cm³/mol. The Morgan fingerprint density at radius 3 is 1.44 bits per heavy atom. The van der Waals surface area contributed by atoms with E-state index in [-0.39, 0.29) is 0 Å². The molecule has 0 aliphatic rings. The van der Waals surface area contributed by atoms with E-state index in [1.165, 1.54) is 124 Å². The van der Waals surface area contributed by atoms with Gasteiger partial charge in [-0.15, -0.1) is 0 Å². The van der Waals surface area contributed by atoms with Crippen molar-refractivity contribution in [2.24, 2.45) is 0 Å². The molecule has 0 amide bonds. The zero-order chi connectivity index (χ0) is 26.2. The molecule has 0 spiro atoms. The van der Waals surface area contributed by atoms with Crippen molar-refractivity contribution in [2.75, 3.05) is 36.0 Å². The summed E-state index contributed by atoms with van der Waals surface area (Å²) in [6, 6.07) is 13.9. The molecule has 2 nitrogen and oxygen atoms in total. The molecule has 0 heterocycles. The minimum atomic E-state index is 1.16. The van der Waals surface area contributed by atoms with Crippen LogP contribution in [0.5, 0.6) is 0 Å². The lowest BCUT2D eigenvalue weighted by Gasteiger charge is -2.36. The van der Waals surface area contributed by atoms with Crippen molar-refractivity contribution < 1.29 is 0 Å². The second-order valence-electron chi connectivity index (χ2n) is 10.7. The van der Waals surface area contributed by atoms with Crippen LogP contribution in [0.3, 0.4) is 0 Å². The molecule has 202 valence electrons. The van der Waals surface area contributed by atoms with Crippen LogP contribution >= 0.6 is 0 Å². The lowest BCUT2D eigenvalue weighted by atomic mass is 9.92. The van der Waals surface area contributed by atoms with Gasteiger partial charge < -0.3 is 9.80 Å². The van der Waals surface area contributed by atoms with E-state index in [2.05, 4.69) is 87.7 Å². The maximum Gasteiger partial charge on any atom is 0.0686 e. The van der Waals surface area contributed by atoms with Gasteiger partial charge in [0, 0.05) is 31.7 Å². The molecule has 0 aliphatic heterocycles. The monoisotopic (exact) mass is 492 g/mol. The second kappa shape index (κ2) is 17.5. The molecule has 0 aromatic heterocycles. The van der Waals surface area contributed by atoms with Crippen LogP contribution in [0.4, 0.5) is 11.4 Å². The molecule has 0 unspecified atom stereocenters. The fourth-order valence-corrected chi connectivity index (χ4v) is 5.35. The average molecular weight is 493 g/mol. The summed E-state index contributed by atoms with van der Waals surface area (Å²) in [7, 11) is 0. The van der Waals surface area contributed by atoms with E-state index < -0.39 is 0 Å². The molecular formula is C34H56N2. The van der Waals surface area contributed by atoms with Crippen molar-refractivity contribution in [1.82, 2.24) is 0 Å². The highest BCUT2D eigenvalue weighted by Gasteiger charge is 2.23. The number of aryl methyl sites for hydroxylation is 2. The molecule has 0 atom stereocenters. The van der Waals surface area contributed by atoms with Crippen LogP contribution in [0.15, 0.2) is 36.4 Å². The Bertz CT molecular complexity index is 836. The van der Waals surface area contributed by atoms with Gasteiger partial charge in [0.05, 0.1) is 11.4 Å². The summed E-state index contributed by atoms with van der Waals surface area (Å²) in [5.41, 5.74) is 8.63. The number of hydrogen-bond donors (Lipinski definition) is 0. The largest absolute Gasteiger partial charge is 0.370 e. The van der Waals surface area contributed by atoms with E-state index in [4.69, 9.17) is 0 Å². The Hall–Kier alpha value is -1.96. The van der Waals surface area contributed by atoms with E-state index in [9.17, 15) is 0 Å². The summed E-state index contributed by atoms with van der Waals surface area (Å²) >= 11 is 0. The van der Waals surface area contributed by atoms with E-state index in [0.717, 1.165) is 13.1 Å². The fourth-order valence-electron chi connectivity index (χ4n) is 5.35. The highest BCUT2D eigenvalue weighted by atomic mass is 15.2. The maximum atomic E-state index is 2.78. The van der Waals surface area contributed by atoms with Crippen LogP contribution in [-0.2, 0) is 0 Å². The van der Waals surface area contributed by atoms with Crippen molar-refractivity contribution in [3.8, 4) is 11.1 Å². The maximum absolute atomic E-state index is 2.78. The van der Waals surface area contributed by atoms with Gasteiger partial charge in [0.2, 0.25) is 0 Å². The summed E-state index contributed by atoms with van der Waals surface area (Å²) in [6.45, 7) is 18.5. The van der Waals surface area contributed by atoms with Gasteiger partial charge in [0.15, 0.2) is 0 Å². The Kier molecular flexibility index (Phi) is 14.7. The van der Waals surface area contributed by atoms with Crippen LogP contribution in [0, 0.1) is 13.8 Å². The molecule has 36 heavy (non-hydrogen) atoms. The summed E-state index contributed by atoms with van der Waals surface area (Å²) in [5, 5.41) is 0. The molecule has 0 aliphatic carbocycles. The second-order valence-corrected chi connectivity index (χ2v) is 10.7. The van der Waals surface area contributed by atoms with Crippen molar-refractivity contribution in [1.29, 1.82) is 0 Å². The Labute approximate surface area is 224 Å². The van der Waals surface area contributed by atoms with Gasteiger partial charge in [0.1, 0.15) is 0 Å². The number of unbranched alkanes of at least 4 members (excludes halogenated alkanes) is 8. The SMILES string of the molecule is CCCCCN(CCCCC)c1ccc(C)c(-c2ccccc2C)c1N(CCCCC)CCCCC. The molecule has 0 radical (unpaired) electrons. The highest BCUT2D eigenvalue weighted by molar-refractivity contribution is 5.91. The molecular weight excluding hydrogens is 436 g/mol.